The minimum atomic E-state index is -0.421. The maximum absolute atomic E-state index is 10.2. The molecule has 1 aromatic carbocycles. The van der Waals surface area contributed by atoms with Crippen LogP contribution in [0.5, 0.6) is 0 Å². The molecule has 3 rings (SSSR count). The smallest absolute Gasteiger partial charge is 0.185 e. The quantitative estimate of drug-likeness (QED) is 0.816. The van der Waals surface area contributed by atoms with E-state index in [1.54, 1.807) is 18.2 Å². The summed E-state index contributed by atoms with van der Waals surface area (Å²) in [6.45, 7) is 6.70. The molecule has 5 heteroatoms. The third-order valence-electron chi connectivity index (χ3n) is 5.53. The Morgan fingerprint density at radius 3 is 2.75 bits per heavy atom. The van der Waals surface area contributed by atoms with Crippen LogP contribution in [0.25, 0.3) is 0 Å². The van der Waals surface area contributed by atoms with E-state index in [1.165, 1.54) is 36.1 Å². The van der Waals surface area contributed by atoms with Gasteiger partial charge in [0.25, 0.3) is 0 Å². The number of β-amino-alcohol motifs (C(OH)–C–C–N with tert-alkyl or cyclic N) is 1. The lowest BCUT2D eigenvalue weighted by molar-refractivity contribution is 0.0686. The van der Waals surface area contributed by atoms with E-state index in [1.807, 2.05) is 0 Å². The molecule has 2 aliphatic heterocycles. The molecule has 2 aliphatic rings. The van der Waals surface area contributed by atoms with Crippen LogP contribution in [-0.4, -0.2) is 63.9 Å². The van der Waals surface area contributed by atoms with Crippen LogP contribution in [0.4, 0.5) is 5.69 Å². The summed E-state index contributed by atoms with van der Waals surface area (Å²) < 4.78 is 5.13. The van der Waals surface area contributed by atoms with E-state index in [2.05, 4.69) is 30.7 Å². The van der Waals surface area contributed by atoms with Crippen LogP contribution in [0.2, 0.25) is 0 Å². The number of aliphatic hydroxyl groups excluding tert-OH is 1. The molecule has 132 valence electrons. The van der Waals surface area contributed by atoms with E-state index in [4.69, 9.17) is 4.74 Å². The summed E-state index contributed by atoms with van der Waals surface area (Å²) >= 11 is 0. The van der Waals surface area contributed by atoms with Crippen molar-refractivity contribution in [1.29, 1.82) is 0 Å². The first-order valence-electron chi connectivity index (χ1n) is 9.41. The molecule has 2 heterocycles. The van der Waals surface area contributed by atoms with Crippen LogP contribution in [0, 0.1) is 0 Å². The molecule has 0 aliphatic carbocycles. The van der Waals surface area contributed by atoms with E-state index in [0.717, 1.165) is 32.5 Å². The minimum Gasteiger partial charge on any atom is -0.389 e. The maximum Gasteiger partial charge on any atom is 0.185 e. The number of benzene rings is 1. The number of aryl methyl sites for hydroxylation is 1. The zero-order valence-electron chi connectivity index (χ0n) is 15.5. The van der Waals surface area contributed by atoms with Gasteiger partial charge in [-0.15, -0.1) is 0 Å². The van der Waals surface area contributed by atoms with E-state index in [-0.39, 0.29) is 0 Å². The minimum absolute atomic E-state index is 0.406. The summed E-state index contributed by atoms with van der Waals surface area (Å²) in [6, 6.07) is 2.47. The first-order valence-corrected chi connectivity index (χ1v) is 9.41. The van der Waals surface area contributed by atoms with Gasteiger partial charge < -0.3 is 19.6 Å². The zero-order valence-corrected chi connectivity index (χ0v) is 15.5. The molecule has 0 spiro atoms. The van der Waals surface area contributed by atoms with Crippen molar-refractivity contribution in [2.45, 2.75) is 45.1 Å². The van der Waals surface area contributed by atoms with Crippen molar-refractivity contribution in [3.63, 3.8) is 0 Å². The lowest BCUT2D eigenvalue weighted by atomic mass is 9.87. The Labute approximate surface area is 147 Å². The molecule has 0 saturated carbocycles. The van der Waals surface area contributed by atoms with Crippen LogP contribution in [-0.2, 0) is 30.4 Å². The van der Waals surface area contributed by atoms with Gasteiger partial charge in [0.15, 0.2) is 7.98 Å². The standard InChI is InChI=1S/C19H31BN2O2/c1-3-17-18-7-10-22(20)9-6-14(18)11-15-5-4-8-21(19(15)17)12-16(23)13-24-2/h11,16,23H,3-10,12-13,20H2,1-2H3. The monoisotopic (exact) mass is 330 g/mol. The van der Waals surface area contributed by atoms with E-state index in [9.17, 15) is 5.11 Å². The summed E-state index contributed by atoms with van der Waals surface area (Å²) in [4.78, 5) is 4.86. The predicted molar refractivity (Wildman–Crippen MR) is 102 cm³/mol. The number of ether oxygens (including phenoxy) is 1. The second kappa shape index (κ2) is 7.90. The molecule has 4 nitrogen and oxygen atoms in total. The summed E-state index contributed by atoms with van der Waals surface area (Å²) in [5.74, 6) is 0. The number of rotatable bonds is 5. The van der Waals surface area contributed by atoms with Gasteiger partial charge in [-0.25, -0.2) is 0 Å². The molecule has 0 amide bonds. The van der Waals surface area contributed by atoms with Gasteiger partial charge in [0, 0.05) is 25.9 Å². The predicted octanol–water partition coefficient (Wildman–Crippen LogP) is 0.958. The fraction of sp³-hybridized carbons (Fsp3) is 0.684. The Morgan fingerprint density at radius 1 is 1.21 bits per heavy atom. The van der Waals surface area contributed by atoms with Crippen molar-refractivity contribution < 1.29 is 9.84 Å². The summed E-state index contributed by atoms with van der Waals surface area (Å²) in [5, 5.41) is 10.2. The summed E-state index contributed by atoms with van der Waals surface area (Å²) in [7, 11) is 3.88. The Hall–Kier alpha value is -1.04. The van der Waals surface area contributed by atoms with Crippen LogP contribution >= 0.6 is 0 Å². The first-order chi connectivity index (χ1) is 11.6. The SMILES string of the molecule is BN1CCc2cc3c(c(CC)c2CC1)N(CC(O)COC)CCC3. The average molecular weight is 330 g/mol. The van der Waals surface area contributed by atoms with Crippen molar-refractivity contribution >= 4 is 13.7 Å². The highest BCUT2D eigenvalue weighted by Crippen LogP contribution is 2.37. The number of methoxy groups -OCH3 is 1. The van der Waals surface area contributed by atoms with Gasteiger partial charge in [-0.1, -0.05) is 13.0 Å². The molecule has 1 unspecified atom stereocenters. The third kappa shape index (κ3) is 3.63. The number of anilines is 1. The Bertz CT molecular complexity index is 579. The largest absolute Gasteiger partial charge is 0.389 e. The fourth-order valence-corrected chi connectivity index (χ4v) is 4.38. The Kier molecular flexibility index (Phi) is 5.85. The molecule has 0 aromatic heterocycles. The van der Waals surface area contributed by atoms with Gasteiger partial charge in [-0.3, -0.25) is 0 Å². The molecule has 1 N–H and O–H groups in total. The van der Waals surface area contributed by atoms with Crippen molar-refractivity contribution in [2.24, 2.45) is 0 Å². The molecule has 0 radical (unpaired) electrons. The Morgan fingerprint density at radius 2 is 2.00 bits per heavy atom. The van der Waals surface area contributed by atoms with Crippen molar-refractivity contribution in [1.82, 2.24) is 4.81 Å². The molecular weight excluding hydrogens is 299 g/mol. The molecule has 0 saturated heterocycles. The molecule has 1 aromatic rings. The lowest BCUT2D eigenvalue weighted by Crippen LogP contribution is -2.39. The fourth-order valence-electron chi connectivity index (χ4n) is 4.38. The topological polar surface area (TPSA) is 35.9 Å². The lowest BCUT2D eigenvalue weighted by Gasteiger charge is -2.36. The van der Waals surface area contributed by atoms with Crippen molar-refractivity contribution in [3.8, 4) is 0 Å². The van der Waals surface area contributed by atoms with Gasteiger partial charge in [-0.05, 0) is 67.4 Å². The number of hydrogen-bond acceptors (Lipinski definition) is 4. The van der Waals surface area contributed by atoms with Crippen LogP contribution in [0.3, 0.4) is 0 Å². The van der Waals surface area contributed by atoms with Crippen molar-refractivity contribution in [3.05, 3.63) is 28.3 Å². The van der Waals surface area contributed by atoms with Crippen LogP contribution in [0.1, 0.15) is 35.6 Å². The number of nitrogens with zero attached hydrogens (tertiary/aromatic N) is 2. The maximum atomic E-state index is 10.2. The van der Waals surface area contributed by atoms with E-state index >= 15 is 0 Å². The molecule has 1 atom stereocenters. The first kappa shape index (κ1) is 17.8. The van der Waals surface area contributed by atoms with Crippen LogP contribution in [0.15, 0.2) is 6.07 Å². The van der Waals surface area contributed by atoms with Gasteiger partial charge in [0.2, 0.25) is 0 Å². The second-order valence-electron chi connectivity index (χ2n) is 7.32. The zero-order chi connectivity index (χ0) is 17.1. The van der Waals surface area contributed by atoms with Gasteiger partial charge in [-0.2, -0.15) is 0 Å². The number of aliphatic hydroxyl groups is 1. The number of hydrogen-bond donors (Lipinski definition) is 1. The highest BCUT2D eigenvalue weighted by molar-refractivity contribution is 6.04. The normalized spacial score (nSPS) is 19.5. The molecule has 0 fully saturated rings. The molecule has 24 heavy (non-hydrogen) atoms. The molecular formula is C19H31BN2O2. The summed E-state index contributed by atoms with van der Waals surface area (Å²) in [5.41, 5.74) is 7.58. The summed E-state index contributed by atoms with van der Waals surface area (Å²) in [6.07, 6.45) is 5.31. The number of fused-ring (bicyclic) bond motifs is 2. The van der Waals surface area contributed by atoms with E-state index < -0.39 is 6.10 Å². The van der Waals surface area contributed by atoms with Gasteiger partial charge >= 0.3 is 0 Å². The van der Waals surface area contributed by atoms with Gasteiger partial charge in [0.1, 0.15) is 0 Å². The molecule has 0 bridgehead atoms. The highest BCUT2D eigenvalue weighted by Gasteiger charge is 2.26. The third-order valence-corrected chi connectivity index (χ3v) is 5.53. The van der Waals surface area contributed by atoms with Crippen molar-refractivity contribution in [2.75, 3.05) is 44.8 Å². The van der Waals surface area contributed by atoms with E-state index in [0.29, 0.717) is 13.2 Å². The second-order valence-corrected chi connectivity index (χ2v) is 7.32. The highest BCUT2D eigenvalue weighted by atomic mass is 16.5. The average Bonchev–Trinajstić information content (AvgIpc) is 2.75. The Balaban J connectivity index is 1.98. The van der Waals surface area contributed by atoms with Gasteiger partial charge in [0.05, 0.1) is 12.7 Å². The van der Waals surface area contributed by atoms with Crippen LogP contribution < -0.4 is 4.90 Å².